The van der Waals surface area contributed by atoms with E-state index in [9.17, 15) is 13.6 Å². The zero-order chi connectivity index (χ0) is 14.5. The van der Waals surface area contributed by atoms with E-state index in [1.807, 2.05) is 6.92 Å². The number of anilines is 2. The third kappa shape index (κ3) is 3.47. The quantitative estimate of drug-likeness (QED) is 0.901. The van der Waals surface area contributed by atoms with E-state index in [4.69, 9.17) is 0 Å². The van der Waals surface area contributed by atoms with E-state index in [0.717, 1.165) is 18.2 Å². The Hall–Kier alpha value is -2.57. The van der Waals surface area contributed by atoms with Gasteiger partial charge in [0.25, 0.3) is 5.91 Å². The van der Waals surface area contributed by atoms with Gasteiger partial charge in [-0.3, -0.25) is 4.79 Å². The largest absolute Gasteiger partial charge is 0.369 e. The van der Waals surface area contributed by atoms with Crippen LogP contribution in [-0.2, 0) is 0 Å². The number of hydrogen-bond acceptors (Lipinski definition) is 4. The Morgan fingerprint density at radius 1 is 1.15 bits per heavy atom. The molecule has 1 aromatic heterocycles. The molecule has 1 heterocycles. The van der Waals surface area contributed by atoms with E-state index in [0.29, 0.717) is 12.4 Å². The van der Waals surface area contributed by atoms with Crippen LogP contribution in [0.4, 0.5) is 20.3 Å². The fourth-order valence-electron chi connectivity index (χ4n) is 1.55. The predicted octanol–water partition coefficient (Wildman–Crippen LogP) is 2.44. The lowest BCUT2D eigenvalue weighted by molar-refractivity contribution is 0.102. The van der Waals surface area contributed by atoms with E-state index in [1.165, 1.54) is 6.07 Å². The van der Waals surface area contributed by atoms with Gasteiger partial charge < -0.3 is 10.6 Å². The smallest absolute Gasteiger partial charge is 0.276 e. The molecule has 7 heteroatoms. The molecular formula is C13H12F2N4O. The van der Waals surface area contributed by atoms with Crippen LogP contribution in [-0.4, -0.2) is 22.6 Å². The molecule has 2 N–H and O–H groups in total. The van der Waals surface area contributed by atoms with Gasteiger partial charge in [-0.1, -0.05) is 0 Å². The molecule has 0 aliphatic carbocycles. The van der Waals surface area contributed by atoms with Gasteiger partial charge in [-0.15, -0.1) is 10.2 Å². The van der Waals surface area contributed by atoms with Crippen molar-refractivity contribution >= 4 is 17.4 Å². The molecule has 0 atom stereocenters. The summed E-state index contributed by atoms with van der Waals surface area (Å²) in [6.45, 7) is 2.59. The summed E-state index contributed by atoms with van der Waals surface area (Å²) in [4.78, 5) is 11.8. The van der Waals surface area contributed by atoms with Gasteiger partial charge in [0.15, 0.2) is 5.69 Å². The molecule has 0 saturated heterocycles. The standard InChI is InChI=1S/C13H12F2N4O/c1-2-16-12-4-3-11(18-19-12)13(20)17-10-6-8(14)5-9(15)7-10/h3-7H,2H2,1H3,(H,16,19)(H,17,20). The summed E-state index contributed by atoms with van der Waals surface area (Å²) in [6.07, 6.45) is 0. The Kier molecular flexibility index (Phi) is 4.19. The second-order valence-corrected chi connectivity index (χ2v) is 3.95. The van der Waals surface area contributed by atoms with Crippen LogP contribution < -0.4 is 10.6 Å². The first-order valence-corrected chi connectivity index (χ1v) is 5.93. The van der Waals surface area contributed by atoms with Crippen molar-refractivity contribution in [3.63, 3.8) is 0 Å². The van der Waals surface area contributed by atoms with Crippen molar-refractivity contribution in [1.82, 2.24) is 10.2 Å². The zero-order valence-corrected chi connectivity index (χ0v) is 10.7. The van der Waals surface area contributed by atoms with Crippen LogP contribution in [0.3, 0.4) is 0 Å². The number of amides is 1. The lowest BCUT2D eigenvalue weighted by Gasteiger charge is -2.05. The summed E-state index contributed by atoms with van der Waals surface area (Å²) in [5.41, 5.74) is 0.0707. The number of carbonyl (C=O) groups excluding carboxylic acids is 1. The fraction of sp³-hybridized carbons (Fsp3) is 0.154. The van der Waals surface area contributed by atoms with Gasteiger partial charge in [-0.2, -0.15) is 0 Å². The van der Waals surface area contributed by atoms with Crippen LogP contribution in [0.1, 0.15) is 17.4 Å². The first-order valence-electron chi connectivity index (χ1n) is 5.93. The van der Waals surface area contributed by atoms with Crippen molar-refractivity contribution in [2.75, 3.05) is 17.2 Å². The number of rotatable bonds is 4. The van der Waals surface area contributed by atoms with Crippen LogP contribution in [0.2, 0.25) is 0 Å². The fourth-order valence-corrected chi connectivity index (χ4v) is 1.55. The van der Waals surface area contributed by atoms with Crippen molar-refractivity contribution < 1.29 is 13.6 Å². The van der Waals surface area contributed by atoms with Crippen LogP contribution in [0.5, 0.6) is 0 Å². The Bertz CT molecular complexity index is 596. The van der Waals surface area contributed by atoms with E-state index in [2.05, 4.69) is 20.8 Å². The molecule has 2 aromatic rings. The molecule has 20 heavy (non-hydrogen) atoms. The first-order chi connectivity index (χ1) is 9.58. The Labute approximate surface area is 114 Å². The number of nitrogens with zero attached hydrogens (tertiary/aromatic N) is 2. The minimum Gasteiger partial charge on any atom is -0.369 e. The van der Waals surface area contributed by atoms with Crippen molar-refractivity contribution in [3.05, 3.63) is 47.7 Å². The number of aromatic nitrogens is 2. The average molecular weight is 278 g/mol. The highest BCUT2D eigenvalue weighted by Gasteiger charge is 2.10. The number of benzene rings is 1. The number of hydrogen-bond donors (Lipinski definition) is 2. The first kappa shape index (κ1) is 13.9. The minimum atomic E-state index is -0.770. The molecule has 0 spiro atoms. The third-order valence-corrected chi connectivity index (χ3v) is 2.38. The predicted molar refractivity (Wildman–Crippen MR) is 70.5 cm³/mol. The van der Waals surface area contributed by atoms with Crippen LogP contribution in [0.15, 0.2) is 30.3 Å². The monoisotopic (exact) mass is 278 g/mol. The van der Waals surface area contributed by atoms with Gasteiger partial charge >= 0.3 is 0 Å². The molecule has 0 aliphatic rings. The van der Waals surface area contributed by atoms with Crippen LogP contribution in [0, 0.1) is 11.6 Å². The van der Waals surface area contributed by atoms with Crippen LogP contribution >= 0.6 is 0 Å². The third-order valence-electron chi connectivity index (χ3n) is 2.38. The molecule has 2 rings (SSSR count). The summed E-state index contributed by atoms with van der Waals surface area (Å²) in [5, 5.41) is 12.8. The lowest BCUT2D eigenvalue weighted by atomic mass is 10.3. The summed E-state index contributed by atoms with van der Waals surface area (Å²) in [6, 6.07) is 5.82. The molecule has 0 aliphatic heterocycles. The normalized spacial score (nSPS) is 10.2. The molecule has 1 amide bonds. The van der Waals surface area contributed by atoms with Gasteiger partial charge in [0.2, 0.25) is 0 Å². The van der Waals surface area contributed by atoms with Gasteiger partial charge in [0.1, 0.15) is 17.5 Å². The van der Waals surface area contributed by atoms with Gasteiger partial charge in [0.05, 0.1) is 0 Å². The highest BCUT2D eigenvalue weighted by atomic mass is 19.1. The number of nitrogens with one attached hydrogen (secondary N) is 2. The summed E-state index contributed by atoms with van der Waals surface area (Å²) >= 11 is 0. The number of halogens is 2. The highest BCUT2D eigenvalue weighted by molar-refractivity contribution is 6.02. The molecular weight excluding hydrogens is 266 g/mol. The van der Waals surface area contributed by atoms with E-state index >= 15 is 0 Å². The molecule has 0 radical (unpaired) electrons. The molecule has 0 fully saturated rings. The Morgan fingerprint density at radius 2 is 1.85 bits per heavy atom. The Balaban J connectivity index is 2.11. The molecule has 0 bridgehead atoms. The van der Waals surface area contributed by atoms with Gasteiger partial charge in [-0.25, -0.2) is 8.78 Å². The second kappa shape index (κ2) is 6.05. The Morgan fingerprint density at radius 3 is 2.40 bits per heavy atom. The van der Waals surface area contributed by atoms with Gasteiger partial charge in [-0.05, 0) is 31.2 Å². The SMILES string of the molecule is CCNc1ccc(C(=O)Nc2cc(F)cc(F)c2)nn1. The topological polar surface area (TPSA) is 66.9 Å². The van der Waals surface area contributed by atoms with Crippen LogP contribution in [0.25, 0.3) is 0 Å². The van der Waals surface area contributed by atoms with Crippen molar-refractivity contribution in [1.29, 1.82) is 0 Å². The maximum Gasteiger partial charge on any atom is 0.276 e. The molecule has 0 unspecified atom stereocenters. The molecule has 1 aromatic carbocycles. The molecule has 0 saturated carbocycles. The maximum atomic E-state index is 13.0. The average Bonchev–Trinajstić information content (AvgIpc) is 2.38. The molecule has 5 nitrogen and oxygen atoms in total. The van der Waals surface area contributed by atoms with E-state index < -0.39 is 17.5 Å². The van der Waals surface area contributed by atoms with E-state index in [1.54, 1.807) is 6.07 Å². The zero-order valence-electron chi connectivity index (χ0n) is 10.7. The second-order valence-electron chi connectivity index (χ2n) is 3.95. The lowest BCUT2D eigenvalue weighted by Crippen LogP contribution is -2.15. The van der Waals surface area contributed by atoms with Crippen molar-refractivity contribution in [3.8, 4) is 0 Å². The minimum absolute atomic E-state index is 0.0186. The van der Waals surface area contributed by atoms with E-state index in [-0.39, 0.29) is 11.4 Å². The molecule has 104 valence electrons. The highest BCUT2D eigenvalue weighted by Crippen LogP contribution is 2.13. The maximum absolute atomic E-state index is 13.0. The summed E-state index contributed by atoms with van der Waals surface area (Å²) in [5.74, 6) is -1.59. The summed E-state index contributed by atoms with van der Waals surface area (Å²) in [7, 11) is 0. The van der Waals surface area contributed by atoms with Crippen molar-refractivity contribution in [2.24, 2.45) is 0 Å². The van der Waals surface area contributed by atoms with Gasteiger partial charge in [0, 0.05) is 18.3 Å². The van der Waals surface area contributed by atoms with Crippen molar-refractivity contribution in [2.45, 2.75) is 6.92 Å². The summed E-state index contributed by atoms with van der Waals surface area (Å²) < 4.78 is 26.0. The number of carbonyl (C=O) groups is 1.